The Hall–Kier alpha value is -3.29. The van der Waals surface area contributed by atoms with E-state index in [4.69, 9.17) is 0 Å². The number of amides is 1. The fourth-order valence-corrected chi connectivity index (χ4v) is 3.47. The molecule has 1 N–H and O–H groups in total. The average Bonchev–Trinajstić information content (AvgIpc) is 3.19. The predicted molar refractivity (Wildman–Crippen MR) is 105 cm³/mol. The van der Waals surface area contributed by atoms with Gasteiger partial charge in [-0.25, -0.2) is 4.98 Å². The Kier molecular flexibility index (Phi) is 5.27. The lowest BCUT2D eigenvalue weighted by molar-refractivity contribution is -0.125. The summed E-state index contributed by atoms with van der Waals surface area (Å²) in [6.07, 6.45) is 8.94. The van der Waals surface area contributed by atoms with Crippen molar-refractivity contribution >= 4 is 11.7 Å². The highest BCUT2D eigenvalue weighted by Crippen LogP contribution is 2.22. The molecule has 3 aromatic heterocycles. The summed E-state index contributed by atoms with van der Waals surface area (Å²) in [5, 5.41) is 11.7. The first-order valence-electron chi connectivity index (χ1n) is 9.46. The first-order valence-corrected chi connectivity index (χ1v) is 9.46. The molecule has 0 saturated carbocycles. The molecular formula is C20H23N7O. The first kappa shape index (κ1) is 18.1. The molecular weight excluding hydrogens is 354 g/mol. The molecule has 0 radical (unpaired) electrons. The number of pyridine rings is 1. The number of carbonyl (C=O) groups is 1. The zero-order valence-corrected chi connectivity index (χ0v) is 15.8. The number of hydrogen-bond acceptors (Lipinski definition) is 6. The fourth-order valence-electron chi connectivity index (χ4n) is 3.47. The van der Waals surface area contributed by atoms with Crippen LogP contribution in [0.3, 0.4) is 0 Å². The Morgan fingerprint density at radius 2 is 2.07 bits per heavy atom. The summed E-state index contributed by atoms with van der Waals surface area (Å²) in [6.45, 7) is 3.96. The van der Waals surface area contributed by atoms with Crippen LogP contribution < -0.4 is 10.2 Å². The van der Waals surface area contributed by atoms with Gasteiger partial charge >= 0.3 is 0 Å². The number of nitrogens with zero attached hydrogens (tertiary/aromatic N) is 6. The van der Waals surface area contributed by atoms with Gasteiger partial charge in [-0.3, -0.25) is 14.3 Å². The topological polar surface area (TPSA) is 88.8 Å². The number of piperidine rings is 1. The van der Waals surface area contributed by atoms with E-state index in [0.717, 1.165) is 42.4 Å². The highest BCUT2D eigenvalue weighted by molar-refractivity contribution is 5.79. The number of anilines is 1. The summed E-state index contributed by atoms with van der Waals surface area (Å²) in [6, 6.07) is 7.72. The molecule has 1 atom stereocenters. The number of rotatable bonds is 5. The molecule has 1 aliphatic rings. The van der Waals surface area contributed by atoms with Crippen molar-refractivity contribution in [3.05, 3.63) is 60.4 Å². The Labute approximate surface area is 163 Å². The summed E-state index contributed by atoms with van der Waals surface area (Å²) >= 11 is 0. The lowest BCUT2D eigenvalue weighted by Crippen LogP contribution is -2.43. The predicted octanol–water partition coefficient (Wildman–Crippen LogP) is 1.90. The van der Waals surface area contributed by atoms with Crippen molar-refractivity contribution < 1.29 is 4.79 Å². The standard InChI is InChI=1S/C20H23N7O/c1-15-22-9-11-27(15)19-7-6-18(24-25-19)26-10-3-5-17(14-26)20(28)23-13-16-4-2-8-21-12-16/h2,4,6-9,11-12,17H,3,5,10,13-14H2,1H3,(H,23,28). The molecule has 1 aliphatic heterocycles. The van der Waals surface area contributed by atoms with E-state index in [9.17, 15) is 4.79 Å². The minimum atomic E-state index is -0.0530. The SMILES string of the molecule is Cc1nccn1-c1ccc(N2CCCC(C(=O)NCc3cccnc3)C2)nn1. The van der Waals surface area contributed by atoms with E-state index in [-0.39, 0.29) is 11.8 Å². The largest absolute Gasteiger partial charge is 0.354 e. The molecule has 28 heavy (non-hydrogen) atoms. The monoisotopic (exact) mass is 377 g/mol. The fraction of sp³-hybridized carbons (Fsp3) is 0.350. The first-order chi connectivity index (χ1) is 13.7. The number of hydrogen-bond donors (Lipinski definition) is 1. The molecule has 3 aromatic rings. The van der Waals surface area contributed by atoms with Crippen LogP contribution in [-0.4, -0.2) is 43.7 Å². The zero-order valence-electron chi connectivity index (χ0n) is 15.8. The summed E-state index contributed by atoms with van der Waals surface area (Å²) in [5.41, 5.74) is 1.000. The van der Waals surface area contributed by atoms with Crippen molar-refractivity contribution in [3.8, 4) is 5.82 Å². The van der Waals surface area contributed by atoms with E-state index >= 15 is 0 Å². The van der Waals surface area contributed by atoms with Crippen LogP contribution in [0.1, 0.15) is 24.2 Å². The van der Waals surface area contributed by atoms with Crippen LogP contribution in [0.5, 0.6) is 0 Å². The molecule has 4 rings (SSSR count). The van der Waals surface area contributed by atoms with E-state index < -0.39 is 0 Å². The van der Waals surface area contributed by atoms with E-state index in [2.05, 4.69) is 30.4 Å². The van der Waals surface area contributed by atoms with Crippen LogP contribution in [0.25, 0.3) is 5.82 Å². The molecule has 0 aliphatic carbocycles. The van der Waals surface area contributed by atoms with Gasteiger partial charge in [-0.05, 0) is 43.5 Å². The number of aryl methyl sites for hydroxylation is 1. The van der Waals surface area contributed by atoms with Gasteiger partial charge in [-0.2, -0.15) is 0 Å². The third kappa shape index (κ3) is 4.00. The van der Waals surface area contributed by atoms with Gasteiger partial charge in [-0.15, -0.1) is 10.2 Å². The molecule has 1 saturated heterocycles. The second-order valence-corrected chi connectivity index (χ2v) is 6.96. The van der Waals surface area contributed by atoms with Crippen molar-refractivity contribution in [2.45, 2.75) is 26.3 Å². The molecule has 8 nitrogen and oxygen atoms in total. The summed E-state index contributed by atoms with van der Waals surface area (Å²) in [7, 11) is 0. The van der Waals surface area contributed by atoms with E-state index in [1.54, 1.807) is 18.6 Å². The van der Waals surface area contributed by atoms with Crippen molar-refractivity contribution in [2.75, 3.05) is 18.0 Å². The highest BCUT2D eigenvalue weighted by Gasteiger charge is 2.26. The Bertz CT molecular complexity index is 923. The molecule has 8 heteroatoms. The molecule has 4 heterocycles. The Balaban J connectivity index is 1.38. The third-order valence-corrected chi connectivity index (χ3v) is 5.01. The van der Waals surface area contributed by atoms with Crippen LogP contribution in [0.2, 0.25) is 0 Å². The van der Waals surface area contributed by atoms with Gasteiger partial charge in [0.1, 0.15) is 5.82 Å². The van der Waals surface area contributed by atoms with Gasteiger partial charge in [0.2, 0.25) is 5.91 Å². The molecule has 144 valence electrons. The van der Waals surface area contributed by atoms with Crippen LogP contribution >= 0.6 is 0 Å². The van der Waals surface area contributed by atoms with Crippen LogP contribution in [-0.2, 0) is 11.3 Å². The molecule has 0 bridgehead atoms. The van der Waals surface area contributed by atoms with Gasteiger partial charge in [0.25, 0.3) is 0 Å². The number of nitrogens with one attached hydrogen (secondary N) is 1. The maximum absolute atomic E-state index is 12.6. The summed E-state index contributed by atoms with van der Waals surface area (Å²) in [5.74, 6) is 2.42. The smallest absolute Gasteiger partial charge is 0.225 e. The second-order valence-electron chi connectivity index (χ2n) is 6.96. The number of aromatic nitrogens is 5. The van der Waals surface area contributed by atoms with Crippen LogP contribution in [0.4, 0.5) is 5.82 Å². The number of imidazole rings is 1. The third-order valence-electron chi connectivity index (χ3n) is 5.01. The summed E-state index contributed by atoms with van der Waals surface area (Å²) in [4.78, 5) is 23.0. The van der Waals surface area contributed by atoms with Crippen LogP contribution in [0, 0.1) is 12.8 Å². The Morgan fingerprint density at radius 1 is 1.21 bits per heavy atom. The second kappa shape index (κ2) is 8.16. The average molecular weight is 377 g/mol. The molecule has 1 fully saturated rings. The molecule has 0 spiro atoms. The van der Waals surface area contributed by atoms with Gasteiger partial charge in [-0.1, -0.05) is 6.07 Å². The van der Waals surface area contributed by atoms with E-state index in [1.165, 1.54) is 0 Å². The highest BCUT2D eigenvalue weighted by atomic mass is 16.1. The minimum absolute atomic E-state index is 0.0530. The van der Waals surface area contributed by atoms with Crippen molar-refractivity contribution in [1.29, 1.82) is 0 Å². The van der Waals surface area contributed by atoms with Crippen molar-refractivity contribution in [1.82, 2.24) is 30.0 Å². The maximum atomic E-state index is 12.6. The Morgan fingerprint density at radius 3 is 2.79 bits per heavy atom. The zero-order chi connectivity index (χ0) is 19.3. The van der Waals surface area contributed by atoms with Crippen molar-refractivity contribution in [2.24, 2.45) is 5.92 Å². The van der Waals surface area contributed by atoms with Gasteiger partial charge in [0, 0.05) is 44.4 Å². The van der Waals surface area contributed by atoms with Gasteiger partial charge in [0.15, 0.2) is 11.6 Å². The van der Waals surface area contributed by atoms with Crippen molar-refractivity contribution in [3.63, 3.8) is 0 Å². The van der Waals surface area contributed by atoms with E-state index in [0.29, 0.717) is 13.1 Å². The summed E-state index contributed by atoms with van der Waals surface area (Å²) < 4.78 is 1.89. The van der Waals surface area contributed by atoms with E-state index in [1.807, 2.05) is 42.0 Å². The lowest BCUT2D eigenvalue weighted by atomic mass is 9.97. The molecule has 0 aromatic carbocycles. The quantitative estimate of drug-likeness (QED) is 0.731. The normalized spacial score (nSPS) is 16.8. The van der Waals surface area contributed by atoms with Gasteiger partial charge < -0.3 is 10.2 Å². The minimum Gasteiger partial charge on any atom is -0.354 e. The molecule has 1 amide bonds. The maximum Gasteiger partial charge on any atom is 0.225 e. The number of carbonyl (C=O) groups excluding carboxylic acids is 1. The van der Waals surface area contributed by atoms with Crippen LogP contribution in [0.15, 0.2) is 49.1 Å². The molecule has 1 unspecified atom stereocenters. The van der Waals surface area contributed by atoms with Gasteiger partial charge in [0.05, 0.1) is 5.92 Å². The lowest BCUT2D eigenvalue weighted by Gasteiger charge is -2.32.